The van der Waals surface area contributed by atoms with Crippen LogP contribution in [0.15, 0.2) is 73.2 Å². The molecular formula is C26H25ClN6O. The first-order valence-electron chi connectivity index (χ1n) is 10.9. The average molecular weight is 473 g/mol. The number of fused-ring (bicyclic) bond motifs is 1. The van der Waals surface area contributed by atoms with E-state index in [1.807, 2.05) is 73.0 Å². The number of rotatable bonds is 5. The molecule has 0 fully saturated rings. The molecule has 0 aliphatic carbocycles. The number of aromatic nitrogens is 5. The summed E-state index contributed by atoms with van der Waals surface area (Å²) in [5.74, 6) is 2.15. The van der Waals surface area contributed by atoms with Gasteiger partial charge in [0.05, 0.1) is 24.6 Å². The molecule has 0 saturated carbocycles. The molecule has 4 aromatic heterocycles. The van der Waals surface area contributed by atoms with Crippen LogP contribution in [0, 0.1) is 0 Å². The number of ether oxygens (including phenoxy) is 1. The van der Waals surface area contributed by atoms with Crippen LogP contribution in [0.2, 0.25) is 0 Å². The van der Waals surface area contributed by atoms with Crippen molar-refractivity contribution in [2.24, 2.45) is 0 Å². The number of methoxy groups -OCH3 is 1. The maximum absolute atomic E-state index is 6.20. The largest absolute Gasteiger partial charge is 0.494 e. The lowest BCUT2D eigenvalue weighted by Crippen LogP contribution is -2.02. The van der Waals surface area contributed by atoms with Gasteiger partial charge in [-0.05, 0) is 48.0 Å². The lowest BCUT2D eigenvalue weighted by Gasteiger charge is -2.11. The van der Waals surface area contributed by atoms with Crippen molar-refractivity contribution in [2.75, 3.05) is 12.8 Å². The highest BCUT2D eigenvalue weighted by molar-refractivity contribution is 6.17. The number of benzene rings is 1. The SMILES string of the molecule is CC.COc1cnccc1-c1ccc2nc(-c3cccnc3N)n(-c3ccc(CCl)cc3)c2n1. The quantitative estimate of drug-likeness (QED) is 0.320. The smallest absolute Gasteiger partial charge is 0.165 e. The van der Waals surface area contributed by atoms with Crippen LogP contribution in [0.4, 0.5) is 5.82 Å². The van der Waals surface area contributed by atoms with Gasteiger partial charge in [0.1, 0.15) is 17.1 Å². The van der Waals surface area contributed by atoms with Gasteiger partial charge in [0.2, 0.25) is 0 Å². The lowest BCUT2D eigenvalue weighted by atomic mass is 10.1. The highest BCUT2D eigenvalue weighted by atomic mass is 35.5. The molecule has 0 atom stereocenters. The molecule has 8 heteroatoms. The zero-order chi connectivity index (χ0) is 24.1. The summed E-state index contributed by atoms with van der Waals surface area (Å²) in [5, 5.41) is 0. The van der Waals surface area contributed by atoms with E-state index in [0.717, 1.165) is 33.6 Å². The number of nitrogens with two attached hydrogens (primary N) is 1. The van der Waals surface area contributed by atoms with E-state index >= 15 is 0 Å². The van der Waals surface area contributed by atoms with Gasteiger partial charge in [-0.25, -0.2) is 15.0 Å². The first-order chi connectivity index (χ1) is 16.7. The summed E-state index contributed by atoms with van der Waals surface area (Å²) in [6, 6.07) is 17.4. The third-order valence-corrected chi connectivity index (χ3v) is 5.52. The highest BCUT2D eigenvalue weighted by Gasteiger charge is 2.19. The molecule has 5 aromatic rings. The van der Waals surface area contributed by atoms with E-state index in [1.54, 1.807) is 25.7 Å². The fourth-order valence-electron chi connectivity index (χ4n) is 3.63. The molecule has 0 spiro atoms. The van der Waals surface area contributed by atoms with Gasteiger partial charge in [-0.2, -0.15) is 0 Å². The van der Waals surface area contributed by atoms with Crippen molar-refractivity contribution in [1.29, 1.82) is 0 Å². The van der Waals surface area contributed by atoms with Gasteiger partial charge in [-0.3, -0.25) is 9.55 Å². The van der Waals surface area contributed by atoms with Gasteiger partial charge in [-0.15, -0.1) is 11.6 Å². The normalized spacial score (nSPS) is 10.6. The molecule has 0 bridgehead atoms. The van der Waals surface area contributed by atoms with Crippen LogP contribution in [0.25, 0.3) is 39.5 Å². The van der Waals surface area contributed by atoms with E-state index < -0.39 is 0 Å². The second-order valence-corrected chi connectivity index (χ2v) is 7.39. The number of alkyl halides is 1. The van der Waals surface area contributed by atoms with E-state index in [-0.39, 0.29) is 0 Å². The number of imidazole rings is 1. The first-order valence-corrected chi connectivity index (χ1v) is 11.5. The standard InChI is InChI=1S/C24H19ClN6O.C2H6/c1-32-21-14-27-12-10-17(21)19-8-9-20-24(29-19)31(16-6-4-15(13-25)5-7-16)23(30-20)18-3-2-11-28-22(18)26;1-2/h2-12,14H,13H2,1H3,(H2,26,28);1-2H3. The van der Waals surface area contributed by atoms with E-state index in [2.05, 4.69) is 9.97 Å². The first kappa shape index (κ1) is 23.2. The third-order valence-electron chi connectivity index (χ3n) is 5.21. The van der Waals surface area contributed by atoms with Crippen molar-refractivity contribution in [3.63, 3.8) is 0 Å². The third kappa shape index (κ3) is 4.30. The Labute approximate surface area is 203 Å². The molecule has 34 heavy (non-hydrogen) atoms. The second kappa shape index (κ2) is 10.3. The number of pyridine rings is 3. The van der Waals surface area contributed by atoms with Crippen LogP contribution in [-0.4, -0.2) is 31.6 Å². The van der Waals surface area contributed by atoms with Crippen molar-refractivity contribution < 1.29 is 4.74 Å². The van der Waals surface area contributed by atoms with Crippen LogP contribution in [0.5, 0.6) is 5.75 Å². The highest BCUT2D eigenvalue weighted by Crippen LogP contribution is 2.33. The van der Waals surface area contributed by atoms with Gasteiger partial charge in [0.25, 0.3) is 0 Å². The molecule has 2 N–H and O–H groups in total. The molecule has 0 radical (unpaired) electrons. The Morgan fingerprint density at radius 1 is 0.941 bits per heavy atom. The zero-order valence-electron chi connectivity index (χ0n) is 19.2. The van der Waals surface area contributed by atoms with Gasteiger partial charge in [-0.1, -0.05) is 26.0 Å². The zero-order valence-corrected chi connectivity index (χ0v) is 20.0. The topological polar surface area (TPSA) is 91.7 Å². The maximum Gasteiger partial charge on any atom is 0.165 e. The van der Waals surface area contributed by atoms with Gasteiger partial charge in [0.15, 0.2) is 11.5 Å². The summed E-state index contributed by atoms with van der Waals surface area (Å²) in [6.45, 7) is 4.00. The number of nitrogen functional groups attached to an aromatic ring is 1. The van der Waals surface area contributed by atoms with E-state index in [9.17, 15) is 0 Å². The Hall–Kier alpha value is -3.97. The monoisotopic (exact) mass is 472 g/mol. The maximum atomic E-state index is 6.20. The Kier molecular flexibility index (Phi) is 7.04. The van der Waals surface area contributed by atoms with Crippen molar-refractivity contribution >= 4 is 28.6 Å². The van der Waals surface area contributed by atoms with Crippen molar-refractivity contribution in [3.05, 3.63) is 78.8 Å². The molecule has 7 nitrogen and oxygen atoms in total. The van der Waals surface area contributed by atoms with E-state index in [4.69, 9.17) is 32.0 Å². The molecule has 0 saturated heterocycles. The summed E-state index contributed by atoms with van der Waals surface area (Å²) in [7, 11) is 1.62. The summed E-state index contributed by atoms with van der Waals surface area (Å²) in [6.07, 6.45) is 5.05. The summed E-state index contributed by atoms with van der Waals surface area (Å²) in [4.78, 5) is 18.2. The minimum absolute atomic E-state index is 0.400. The number of hydrogen-bond acceptors (Lipinski definition) is 6. The molecule has 0 unspecified atom stereocenters. The van der Waals surface area contributed by atoms with Crippen LogP contribution < -0.4 is 10.5 Å². The van der Waals surface area contributed by atoms with Crippen LogP contribution >= 0.6 is 11.6 Å². The predicted molar refractivity (Wildman–Crippen MR) is 137 cm³/mol. The predicted octanol–water partition coefficient (Wildman–Crippen LogP) is 5.90. The molecule has 172 valence electrons. The Morgan fingerprint density at radius 3 is 2.44 bits per heavy atom. The molecule has 4 heterocycles. The fourth-order valence-corrected chi connectivity index (χ4v) is 3.81. The summed E-state index contributed by atoms with van der Waals surface area (Å²) >= 11 is 5.99. The fraction of sp³-hybridized carbons (Fsp3) is 0.154. The van der Waals surface area contributed by atoms with Crippen LogP contribution in [0.3, 0.4) is 0 Å². The lowest BCUT2D eigenvalue weighted by molar-refractivity contribution is 0.414. The second-order valence-electron chi connectivity index (χ2n) is 7.12. The van der Waals surface area contributed by atoms with Gasteiger partial charge >= 0.3 is 0 Å². The Bertz CT molecular complexity index is 1420. The average Bonchev–Trinajstić information content (AvgIpc) is 3.28. The Morgan fingerprint density at radius 2 is 1.74 bits per heavy atom. The van der Waals surface area contributed by atoms with E-state index in [1.165, 1.54) is 0 Å². The van der Waals surface area contributed by atoms with Crippen LogP contribution in [-0.2, 0) is 5.88 Å². The van der Waals surface area contributed by atoms with Crippen molar-refractivity contribution in [3.8, 4) is 34.1 Å². The minimum Gasteiger partial charge on any atom is -0.494 e. The van der Waals surface area contributed by atoms with Gasteiger partial charge < -0.3 is 10.5 Å². The molecule has 0 aliphatic rings. The molecular weight excluding hydrogens is 448 g/mol. The van der Waals surface area contributed by atoms with Crippen LogP contribution in [0.1, 0.15) is 19.4 Å². The number of nitrogens with zero attached hydrogens (tertiary/aromatic N) is 5. The molecule has 0 amide bonds. The minimum atomic E-state index is 0.400. The summed E-state index contributed by atoms with van der Waals surface area (Å²) < 4.78 is 7.46. The molecule has 1 aromatic carbocycles. The summed E-state index contributed by atoms with van der Waals surface area (Å²) in [5.41, 5.74) is 11.9. The number of halogens is 1. The Balaban J connectivity index is 0.00000133. The van der Waals surface area contributed by atoms with Crippen molar-refractivity contribution in [2.45, 2.75) is 19.7 Å². The van der Waals surface area contributed by atoms with Crippen molar-refractivity contribution in [1.82, 2.24) is 24.5 Å². The van der Waals surface area contributed by atoms with E-state index in [0.29, 0.717) is 28.9 Å². The molecule has 0 aliphatic heterocycles. The number of anilines is 1. The number of hydrogen-bond donors (Lipinski definition) is 1. The van der Waals surface area contributed by atoms with Gasteiger partial charge in [0, 0.05) is 29.5 Å². The molecule has 5 rings (SSSR count).